The van der Waals surface area contributed by atoms with Gasteiger partial charge in [-0.3, -0.25) is 0 Å². The maximum atomic E-state index is 13.8. The Labute approximate surface area is 117 Å². The normalized spacial score (nSPS) is 20.4. The van der Waals surface area contributed by atoms with Crippen molar-refractivity contribution in [3.05, 3.63) is 29.0 Å². The lowest BCUT2D eigenvalue weighted by Gasteiger charge is -2.40. The summed E-state index contributed by atoms with van der Waals surface area (Å²) in [5.74, 6) is -0.838. The summed E-state index contributed by atoms with van der Waals surface area (Å²) in [6, 6.07) is 3.56. The maximum Gasteiger partial charge on any atom is 0.246 e. The van der Waals surface area contributed by atoms with E-state index in [1.807, 2.05) is 0 Å². The molecule has 0 aromatic heterocycles. The minimum Gasteiger partial charge on any atom is -0.378 e. The van der Waals surface area contributed by atoms with Crippen LogP contribution in [0.5, 0.6) is 0 Å². The first-order chi connectivity index (χ1) is 8.75. The topological polar surface area (TPSA) is 46.6 Å². The number of sulfonamides is 1. The lowest BCUT2D eigenvalue weighted by atomic mass is 10.1. The number of morpholine rings is 1. The van der Waals surface area contributed by atoms with Crippen LogP contribution in [-0.2, 0) is 14.8 Å². The average molecular weight is 308 g/mol. The van der Waals surface area contributed by atoms with Crippen molar-refractivity contribution < 1.29 is 17.5 Å². The third-order valence-corrected chi connectivity index (χ3v) is 5.41. The van der Waals surface area contributed by atoms with E-state index >= 15 is 0 Å². The van der Waals surface area contributed by atoms with E-state index in [9.17, 15) is 12.8 Å². The molecule has 106 valence electrons. The van der Waals surface area contributed by atoms with Crippen molar-refractivity contribution in [3.8, 4) is 0 Å². The van der Waals surface area contributed by atoms with Crippen molar-refractivity contribution in [2.75, 3.05) is 19.8 Å². The molecule has 4 nitrogen and oxygen atoms in total. The first-order valence-corrected chi connectivity index (χ1v) is 7.62. The van der Waals surface area contributed by atoms with Crippen LogP contribution in [0.2, 0.25) is 5.02 Å². The van der Waals surface area contributed by atoms with Crippen molar-refractivity contribution in [1.82, 2.24) is 4.31 Å². The van der Waals surface area contributed by atoms with E-state index in [0.717, 1.165) is 6.07 Å². The zero-order valence-electron chi connectivity index (χ0n) is 10.7. The van der Waals surface area contributed by atoms with Gasteiger partial charge in [-0.1, -0.05) is 11.6 Å². The number of ether oxygens (including phenoxy) is 1. The SMILES string of the molecule is CC1(C)COCCN1S(=O)(=O)c1ccc(Cl)cc1F. The van der Waals surface area contributed by atoms with Crippen molar-refractivity contribution in [3.63, 3.8) is 0 Å². The molecule has 1 heterocycles. The Kier molecular flexibility index (Phi) is 3.88. The first-order valence-electron chi connectivity index (χ1n) is 5.81. The Morgan fingerprint density at radius 3 is 2.68 bits per heavy atom. The lowest BCUT2D eigenvalue weighted by Crippen LogP contribution is -2.55. The maximum absolute atomic E-state index is 13.8. The Hall–Kier alpha value is -0.690. The van der Waals surface area contributed by atoms with Gasteiger partial charge in [0.15, 0.2) is 0 Å². The molecule has 0 bridgehead atoms. The summed E-state index contributed by atoms with van der Waals surface area (Å²) in [7, 11) is -3.90. The van der Waals surface area contributed by atoms with Crippen LogP contribution >= 0.6 is 11.6 Å². The van der Waals surface area contributed by atoms with Gasteiger partial charge in [0, 0.05) is 11.6 Å². The second-order valence-electron chi connectivity index (χ2n) is 5.02. The highest BCUT2D eigenvalue weighted by atomic mass is 35.5. The second kappa shape index (κ2) is 5.01. The van der Waals surface area contributed by atoms with E-state index in [1.165, 1.54) is 16.4 Å². The molecule has 0 unspecified atom stereocenters. The highest BCUT2D eigenvalue weighted by molar-refractivity contribution is 7.89. The van der Waals surface area contributed by atoms with Crippen LogP contribution in [-0.4, -0.2) is 38.0 Å². The molecule has 1 aromatic rings. The zero-order chi connectivity index (χ0) is 14.3. The molecule has 0 radical (unpaired) electrons. The third kappa shape index (κ3) is 2.76. The van der Waals surface area contributed by atoms with Gasteiger partial charge in [-0.2, -0.15) is 4.31 Å². The predicted octanol–water partition coefficient (Wildman–Crippen LogP) is 2.28. The van der Waals surface area contributed by atoms with E-state index in [0.29, 0.717) is 6.61 Å². The lowest BCUT2D eigenvalue weighted by molar-refractivity contribution is -0.00779. The highest BCUT2D eigenvalue weighted by Gasteiger charge is 2.40. The number of nitrogens with zero attached hydrogens (tertiary/aromatic N) is 1. The standard InChI is InChI=1S/C12H15ClFNO3S/c1-12(2)8-18-6-5-15(12)19(16,17)11-4-3-9(13)7-10(11)14/h3-4,7H,5-6,8H2,1-2H3. The van der Waals surface area contributed by atoms with Gasteiger partial charge in [-0.15, -0.1) is 0 Å². The van der Waals surface area contributed by atoms with Crippen molar-refractivity contribution >= 4 is 21.6 Å². The van der Waals surface area contributed by atoms with Crippen LogP contribution < -0.4 is 0 Å². The molecule has 2 rings (SSSR count). The molecule has 0 saturated carbocycles. The summed E-state index contributed by atoms with van der Waals surface area (Å²) in [5, 5.41) is 0.165. The van der Waals surface area contributed by atoms with Gasteiger partial charge in [0.25, 0.3) is 0 Å². The summed E-state index contributed by atoms with van der Waals surface area (Å²) in [6.07, 6.45) is 0. The van der Waals surface area contributed by atoms with Crippen molar-refractivity contribution in [2.45, 2.75) is 24.3 Å². The monoisotopic (exact) mass is 307 g/mol. The molecule has 0 amide bonds. The summed E-state index contributed by atoms with van der Waals surface area (Å²) in [4.78, 5) is -0.355. The van der Waals surface area contributed by atoms with Gasteiger partial charge in [0.05, 0.1) is 18.8 Å². The fourth-order valence-corrected chi connectivity index (χ4v) is 4.05. The number of benzene rings is 1. The minimum atomic E-state index is -3.90. The fraction of sp³-hybridized carbons (Fsp3) is 0.500. The number of rotatable bonds is 2. The average Bonchev–Trinajstić information content (AvgIpc) is 2.27. The molecule has 7 heteroatoms. The van der Waals surface area contributed by atoms with E-state index in [4.69, 9.17) is 16.3 Å². The quantitative estimate of drug-likeness (QED) is 0.842. The van der Waals surface area contributed by atoms with Crippen LogP contribution in [0.3, 0.4) is 0 Å². The van der Waals surface area contributed by atoms with Crippen LogP contribution in [0.4, 0.5) is 4.39 Å². The molecule has 1 fully saturated rings. The van der Waals surface area contributed by atoms with Gasteiger partial charge < -0.3 is 4.74 Å². The first kappa shape index (κ1) is 14.7. The molecule has 1 saturated heterocycles. The Morgan fingerprint density at radius 1 is 1.42 bits per heavy atom. The molecular formula is C12H15ClFNO3S. The number of halogens is 2. The fourth-order valence-electron chi connectivity index (χ4n) is 2.09. The Balaban J connectivity index is 2.47. The van der Waals surface area contributed by atoms with E-state index < -0.39 is 21.4 Å². The molecule has 19 heavy (non-hydrogen) atoms. The van der Waals surface area contributed by atoms with Crippen LogP contribution in [0, 0.1) is 5.82 Å². The third-order valence-electron chi connectivity index (χ3n) is 3.03. The van der Waals surface area contributed by atoms with E-state index in [1.54, 1.807) is 13.8 Å². The van der Waals surface area contributed by atoms with Gasteiger partial charge in [-0.05, 0) is 32.0 Å². The molecule has 1 aliphatic heterocycles. The van der Waals surface area contributed by atoms with E-state index in [-0.39, 0.29) is 23.1 Å². The van der Waals surface area contributed by atoms with Crippen molar-refractivity contribution in [1.29, 1.82) is 0 Å². The molecule has 0 spiro atoms. The Bertz CT molecular complexity index is 589. The summed E-state index contributed by atoms with van der Waals surface area (Å²) >= 11 is 5.64. The van der Waals surface area contributed by atoms with Crippen LogP contribution in [0.25, 0.3) is 0 Å². The number of hydrogen-bond donors (Lipinski definition) is 0. The van der Waals surface area contributed by atoms with Gasteiger partial charge >= 0.3 is 0 Å². The Morgan fingerprint density at radius 2 is 2.11 bits per heavy atom. The van der Waals surface area contributed by atoms with Gasteiger partial charge in [-0.25, -0.2) is 12.8 Å². The zero-order valence-corrected chi connectivity index (χ0v) is 12.3. The predicted molar refractivity (Wildman–Crippen MR) is 70.2 cm³/mol. The van der Waals surface area contributed by atoms with Crippen molar-refractivity contribution in [2.24, 2.45) is 0 Å². The van der Waals surface area contributed by atoms with Gasteiger partial charge in [0.2, 0.25) is 10.0 Å². The molecule has 1 aromatic carbocycles. The largest absolute Gasteiger partial charge is 0.378 e. The van der Waals surface area contributed by atoms with Gasteiger partial charge in [0.1, 0.15) is 10.7 Å². The second-order valence-corrected chi connectivity index (χ2v) is 7.28. The molecule has 0 N–H and O–H groups in total. The molecular weight excluding hydrogens is 293 g/mol. The smallest absolute Gasteiger partial charge is 0.246 e. The summed E-state index contributed by atoms with van der Waals surface area (Å²) < 4.78 is 45.4. The molecule has 0 atom stereocenters. The summed E-state index contributed by atoms with van der Waals surface area (Å²) in [5.41, 5.74) is -0.705. The molecule has 1 aliphatic rings. The number of hydrogen-bond acceptors (Lipinski definition) is 3. The molecule has 0 aliphatic carbocycles. The summed E-state index contributed by atoms with van der Waals surface area (Å²) in [6.45, 7) is 4.28. The van der Waals surface area contributed by atoms with E-state index in [2.05, 4.69) is 0 Å². The van der Waals surface area contributed by atoms with Crippen LogP contribution in [0.15, 0.2) is 23.1 Å². The van der Waals surface area contributed by atoms with Crippen LogP contribution in [0.1, 0.15) is 13.8 Å². The highest BCUT2D eigenvalue weighted by Crippen LogP contribution is 2.29. The minimum absolute atomic E-state index is 0.165.